The van der Waals surface area contributed by atoms with E-state index in [1.54, 1.807) is 40.3 Å². The van der Waals surface area contributed by atoms with Crippen molar-refractivity contribution in [3.63, 3.8) is 0 Å². The number of urea groups is 4. The lowest BCUT2D eigenvalue weighted by atomic mass is 9.72. The number of hydrogen-bond acceptors (Lipinski definition) is 17. The fraction of sp³-hybridized carbons (Fsp3) is 0.440. The number of aliphatic hydroxyl groups is 2. The summed E-state index contributed by atoms with van der Waals surface area (Å²) in [6.07, 6.45) is 10.6. The quantitative estimate of drug-likeness (QED) is 0.0437. The van der Waals surface area contributed by atoms with Crippen LogP contribution in [-0.4, -0.2) is 297 Å². The number of hydrogen-bond donors (Lipinski definition) is 6. The minimum absolute atomic E-state index is 0.0333. The number of benzene rings is 9. The molecule has 8 heterocycles. The molecule has 8 saturated heterocycles. The number of amides is 8. The number of anilines is 4. The first kappa shape index (κ1) is 105. The van der Waals surface area contributed by atoms with Crippen molar-refractivity contribution in [3.05, 3.63) is 270 Å². The maximum absolute atomic E-state index is 13.3. The maximum Gasteiger partial charge on any atom is 0.321 e. The molecular formula is C109H138Br4N14O11. The van der Waals surface area contributed by atoms with Gasteiger partial charge in [0.2, 0.25) is 0 Å². The highest BCUT2D eigenvalue weighted by Gasteiger charge is 2.55. The van der Waals surface area contributed by atoms with Gasteiger partial charge in [-0.2, -0.15) is 0 Å². The number of ketones is 1. The molecule has 8 amide bonds. The number of likely N-dealkylation sites (N-methyl/N-ethyl adjacent to an activating group) is 2. The van der Waals surface area contributed by atoms with Gasteiger partial charge in [0, 0.05) is 210 Å². The number of methoxy groups -OCH3 is 4. The molecule has 29 heteroatoms. The van der Waals surface area contributed by atoms with Crippen LogP contribution in [-0.2, 0) is 4.79 Å². The molecule has 25 nitrogen and oxygen atoms in total. The van der Waals surface area contributed by atoms with E-state index in [0.717, 1.165) is 122 Å². The molecule has 3 unspecified atom stereocenters. The number of nitrogens with zero attached hydrogens (tertiary/aromatic N) is 10. The molecule has 8 aliphatic heterocycles. The number of nitrogens with one attached hydrogen (secondary N) is 4. The summed E-state index contributed by atoms with van der Waals surface area (Å²) in [5, 5.41) is 32.9. The van der Waals surface area contributed by atoms with Crippen molar-refractivity contribution in [1.82, 2.24) is 49.0 Å². The monoisotopic (exact) mass is 2140 g/mol. The number of ether oxygens (including phenoxy) is 4. The molecule has 15 atom stereocenters. The SMILES string of the molecule is C#Cc1ccccc1.CC[C@@H]1[C@H](c2ccc(Br)cc2)[C@@H]2CN(C(=O)Nc3ccc(OC)cc3)CCC(=O)CN12.CC[C@@H]1[C@H](c2ccc(Br)cc2)[C@@H]2CN(C(=O)Nc3ccc(OC)cc3)CCC(N(C)C)CN12.CC[C@@H]1[C@H](c2ccc(Br)cc2)[C@@H]2CN(C(=O)Nc3ccc(OC)cc3)CCC(O)CN12.COc1ccc(NC(=O)N2CCC(N(C)C)CN3[C@H](CO)[C@H](c4ccc(Br)cc4)[C@@H]3C2)cc1.[2H]CC. The highest BCUT2D eigenvalue weighted by Crippen LogP contribution is 2.49. The third kappa shape index (κ3) is 27.5. The molecule has 738 valence electrons. The van der Waals surface area contributed by atoms with Gasteiger partial charge in [0.25, 0.3) is 0 Å². The van der Waals surface area contributed by atoms with Crippen molar-refractivity contribution >= 4 is 116 Å². The van der Waals surface area contributed by atoms with Gasteiger partial charge in [0.05, 0.1) is 47.7 Å². The third-order valence-corrected chi connectivity index (χ3v) is 30.3. The lowest BCUT2D eigenvalue weighted by Gasteiger charge is -2.59. The molecule has 138 heavy (non-hydrogen) atoms. The fourth-order valence-corrected chi connectivity index (χ4v) is 21.8. The molecule has 8 fully saturated rings. The molecule has 0 aliphatic carbocycles. The number of fused-ring (bicyclic) bond motifs is 4. The Kier molecular flexibility index (Phi) is 39.7. The summed E-state index contributed by atoms with van der Waals surface area (Å²) < 4.78 is 31.3. The van der Waals surface area contributed by atoms with Crippen LogP contribution in [0.3, 0.4) is 0 Å². The number of carbonyl (C=O) groups is 5. The van der Waals surface area contributed by atoms with Gasteiger partial charge in [-0.3, -0.25) is 24.4 Å². The normalized spacial score (nSPS) is 24.1. The number of aliphatic hydroxyl groups excluding tert-OH is 2. The van der Waals surface area contributed by atoms with Gasteiger partial charge in [0.15, 0.2) is 0 Å². The van der Waals surface area contributed by atoms with Crippen LogP contribution in [0.4, 0.5) is 41.9 Å². The smallest absolute Gasteiger partial charge is 0.321 e. The standard InChI is InChI=1S/C26H35BrN4O2.C25H33BrN4O3.C24H30BrN3O3.C24H28BrN3O3.C8H6.C2H6/c1-5-23-25(18-6-8-19(27)9-7-18)24-17-30(15-14-21(29(2)3)16-31(23)24)26(32)28-20-10-12-22(33-4)13-11-20;1-28(2)20-12-13-29(25(32)27-19-8-10-21(33-3)11-9-19)15-22-24(23(16-31)30(22)14-20)17-4-6-18(26)7-5-17;2*1-3-21-23(16-4-6-17(25)7-5-16)22-15-27(13-12-19(29)14-28(21)22)24(30)26-18-8-10-20(31-2)11-9-18;1-2-8-6-4-3-5-7-8;1-2/h6-13,21,23-25H,5,14-17H2,1-4H3,(H,28,32);4-11,20,22-24,31H,12-16H2,1-3H3,(H,27,32);4-11,19,21-23,29H,3,12-15H2,1-2H3,(H,26,30);4-11,21-23H,3,12-15H2,1-2H3,(H,26,30);1,3-7H;1-2H3/t21?,23-,24+,25+;20?,22-,23+,24+;19?,21-,22+,23+;21-,22+,23+;;/m1011../s1/i;;;;;1D. The van der Waals surface area contributed by atoms with E-state index in [9.17, 15) is 34.2 Å². The van der Waals surface area contributed by atoms with E-state index in [1.807, 2.05) is 154 Å². The Morgan fingerprint density at radius 3 is 0.964 bits per heavy atom. The van der Waals surface area contributed by atoms with Gasteiger partial charge < -0.3 is 79.8 Å². The molecule has 0 radical (unpaired) electrons. The number of terminal acetylenes is 1. The minimum atomic E-state index is -0.431. The van der Waals surface area contributed by atoms with Gasteiger partial charge in [-0.1, -0.05) is 171 Å². The van der Waals surface area contributed by atoms with E-state index in [-0.39, 0.29) is 66.6 Å². The first-order valence-corrected chi connectivity index (χ1v) is 51.1. The van der Waals surface area contributed by atoms with Crippen molar-refractivity contribution in [2.24, 2.45) is 0 Å². The Morgan fingerprint density at radius 2 is 0.681 bits per heavy atom. The average Bonchev–Trinajstić information content (AvgIpc) is 0.749. The minimum Gasteiger partial charge on any atom is -0.497 e. The molecule has 8 aliphatic rings. The molecule has 0 aromatic heterocycles. The largest absolute Gasteiger partial charge is 0.497 e. The zero-order valence-electron chi connectivity index (χ0n) is 82.5. The zero-order chi connectivity index (χ0) is 99.5. The number of rotatable bonds is 18. The third-order valence-electron chi connectivity index (χ3n) is 28.2. The predicted octanol–water partition coefficient (Wildman–Crippen LogP) is 19.8. The van der Waals surface area contributed by atoms with E-state index in [0.29, 0.717) is 132 Å². The van der Waals surface area contributed by atoms with Gasteiger partial charge >= 0.3 is 24.1 Å². The molecule has 17 rings (SSSR count). The van der Waals surface area contributed by atoms with E-state index < -0.39 is 6.10 Å². The summed E-state index contributed by atoms with van der Waals surface area (Å²) in [4.78, 5) is 87.1. The number of halogens is 4. The highest BCUT2D eigenvalue weighted by atomic mass is 79.9. The maximum atomic E-state index is 13.3. The van der Waals surface area contributed by atoms with Gasteiger partial charge in [-0.15, -0.1) is 6.42 Å². The molecule has 9 aromatic carbocycles. The Balaban J connectivity index is 0.000000160. The van der Waals surface area contributed by atoms with Crippen LogP contribution in [0, 0.1) is 12.3 Å². The number of Topliss-reactive ketones (excluding diaryl/α,β-unsaturated/α-hetero) is 1. The van der Waals surface area contributed by atoms with Gasteiger partial charge in [0.1, 0.15) is 28.8 Å². The summed E-state index contributed by atoms with van der Waals surface area (Å²) in [6.45, 7) is 17.2. The van der Waals surface area contributed by atoms with Gasteiger partial charge in [-0.05, 0) is 247 Å². The van der Waals surface area contributed by atoms with Crippen LogP contribution in [0.1, 0.15) is 132 Å². The van der Waals surface area contributed by atoms with Crippen LogP contribution in [0.5, 0.6) is 23.0 Å². The second kappa shape index (κ2) is 52.0. The second-order valence-corrected chi connectivity index (χ2v) is 40.2. The van der Waals surface area contributed by atoms with Crippen LogP contribution in [0.15, 0.2) is 242 Å². The average molecular weight is 2140 g/mol. The van der Waals surface area contributed by atoms with E-state index in [4.69, 9.17) is 26.7 Å². The lowest BCUT2D eigenvalue weighted by molar-refractivity contribution is -0.128. The predicted molar refractivity (Wildman–Crippen MR) is 567 cm³/mol. The summed E-state index contributed by atoms with van der Waals surface area (Å²) in [7, 11) is 15.0. The van der Waals surface area contributed by atoms with Crippen LogP contribution in [0.2, 0.25) is 0 Å². The van der Waals surface area contributed by atoms with Gasteiger partial charge in [-0.25, -0.2) is 19.2 Å². The van der Waals surface area contributed by atoms with Crippen molar-refractivity contribution in [2.75, 3.05) is 163 Å². The van der Waals surface area contributed by atoms with Crippen molar-refractivity contribution in [2.45, 2.75) is 170 Å². The summed E-state index contributed by atoms with van der Waals surface area (Å²) in [5.74, 6) is 7.01. The Labute approximate surface area is 851 Å². The second-order valence-electron chi connectivity index (χ2n) is 36.5. The summed E-state index contributed by atoms with van der Waals surface area (Å²) in [6, 6.07) is 75.5. The molecule has 0 saturated carbocycles. The Bertz CT molecular complexity index is 5240. The number of carbonyl (C=O) groups excluding carboxylic acids is 5. The fourth-order valence-electron chi connectivity index (χ4n) is 20.7. The van der Waals surface area contributed by atoms with Crippen molar-refractivity contribution in [3.8, 4) is 35.3 Å². The first-order chi connectivity index (χ1) is 67.1. The van der Waals surface area contributed by atoms with Crippen LogP contribution < -0.4 is 40.2 Å². The zero-order valence-corrected chi connectivity index (χ0v) is 87.8. The van der Waals surface area contributed by atoms with Crippen molar-refractivity contribution in [1.29, 1.82) is 0 Å². The van der Waals surface area contributed by atoms with E-state index in [1.165, 1.54) is 22.3 Å². The highest BCUT2D eigenvalue weighted by molar-refractivity contribution is 9.11. The lowest BCUT2D eigenvalue weighted by Crippen LogP contribution is -2.70. The summed E-state index contributed by atoms with van der Waals surface area (Å²) in [5.41, 5.74) is 9.04. The molecular weight excluding hydrogens is 2000 g/mol. The molecule has 0 spiro atoms. The van der Waals surface area contributed by atoms with Crippen molar-refractivity contribution < 1.29 is 54.5 Å². The van der Waals surface area contributed by atoms with E-state index >= 15 is 0 Å². The molecule has 0 bridgehead atoms. The molecule has 6 N–H and O–H groups in total. The Morgan fingerprint density at radius 1 is 0.406 bits per heavy atom. The topological polar surface area (TPSA) is 243 Å². The Hall–Kier alpha value is -9.91. The summed E-state index contributed by atoms with van der Waals surface area (Å²) >= 11 is 14.1. The molecule has 9 aromatic rings. The first-order valence-electron chi connectivity index (χ1n) is 48.7. The van der Waals surface area contributed by atoms with E-state index in [2.05, 4.69) is 254 Å². The van der Waals surface area contributed by atoms with Crippen LogP contribution >= 0.6 is 63.7 Å². The van der Waals surface area contributed by atoms with Crippen LogP contribution in [0.25, 0.3) is 0 Å².